The molecule has 0 radical (unpaired) electrons. The minimum absolute atomic E-state index is 0.0568. The van der Waals surface area contributed by atoms with Gasteiger partial charge in [0.05, 0.1) is 17.6 Å². The number of ether oxygens (including phenoxy) is 1. The largest absolute Gasteiger partial charge is 0.373 e. The first-order valence-electron chi connectivity index (χ1n) is 8.54. The third kappa shape index (κ3) is 4.33. The van der Waals surface area contributed by atoms with Crippen LogP contribution in [0.15, 0.2) is 30.3 Å². The number of likely N-dealkylation sites (N-methyl/N-ethyl adjacent to an activating group) is 1. The zero-order chi connectivity index (χ0) is 18.7. The SMILES string of the molecule is Cc1cc(N2CCOC(CN(C)C)C2)nc(-c2ccc([N+](=O)[O-])cc2)n1. The predicted octanol–water partition coefficient (Wildman–Crippen LogP) is 2.13. The highest BCUT2D eigenvalue weighted by Crippen LogP contribution is 2.23. The molecule has 0 saturated carbocycles. The molecule has 2 heterocycles. The normalized spacial score (nSPS) is 17.5. The van der Waals surface area contributed by atoms with Crippen LogP contribution in [0.2, 0.25) is 0 Å². The van der Waals surface area contributed by atoms with Crippen LogP contribution in [-0.4, -0.2) is 66.2 Å². The van der Waals surface area contributed by atoms with Crippen molar-refractivity contribution in [2.45, 2.75) is 13.0 Å². The van der Waals surface area contributed by atoms with Crippen molar-refractivity contribution < 1.29 is 9.66 Å². The molecule has 1 unspecified atom stereocenters. The van der Waals surface area contributed by atoms with Crippen LogP contribution in [0.4, 0.5) is 11.5 Å². The lowest BCUT2D eigenvalue weighted by atomic mass is 10.2. The molecule has 1 aliphatic heterocycles. The topological polar surface area (TPSA) is 84.6 Å². The molecular formula is C18H23N5O3. The minimum Gasteiger partial charge on any atom is -0.373 e. The molecule has 2 aromatic rings. The molecule has 1 saturated heterocycles. The van der Waals surface area contributed by atoms with Gasteiger partial charge in [0.25, 0.3) is 5.69 Å². The van der Waals surface area contributed by atoms with Crippen molar-refractivity contribution in [1.29, 1.82) is 0 Å². The second-order valence-electron chi connectivity index (χ2n) is 6.70. The Morgan fingerprint density at radius 3 is 2.69 bits per heavy atom. The number of nitrogens with zero attached hydrogens (tertiary/aromatic N) is 5. The van der Waals surface area contributed by atoms with Gasteiger partial charge in [0.2, 0.25) is 0 Å². The van der Waals surface area contributed by atoms with Crippen LogP contribution in [0.5, 0.6) is 0 Å². The quantitative estimate of drug-likeness (QED) is 0.598. The summed E-state index contributed by atoms with van der Waals surface area (Å²) in [6.07, 6.45) is 0.136. The van der Waals surface area contributed by atoms with Gasteiger partial charge >= 0.3 is 0 Å². The number of hydrogen-bond donors (Lipinski definition) is 0. The standard InChI is InChI=1S/C18H23N5O3/c1-13-10-17(22-8-9-26-16(12-22)11-21(2)3)20-18(19-13)14-4-6-15(7-5-14)23(24)25/h4-7,10,16H,8-9,11-12H2,1-3H3. The summed E-state index contributed by atoms with van der Waals surface area (Å²) in [5, 5.41) is 10.8. The first-order chi connectivity index (χ1) is 12.4. The summed E-state index contributed by atoms with van der Waals surface area (Å²) in [6, 6.07) is 8.29. The molecule has 0 spiro atoms. The molecule has 1 aromatic carbocycles. The summed E-state index contributed by atoms with van der Waals surface area (Å²) in [6.45, 7) is 5.00. The number of hydrogen-bond acceptors (Lipinski definition) is 7. The van der Waals surface area contributed by atoms with E-state index in [0.717, 1.165) is 36.7 Å². The number of aryl methyl sites for hydroxylation is 1. The average Bonchev–Trinajstić information content (AvgIpc) is 2.61. The third-order valence-corrected chi connectivity index (χ3v) is 4.21. The van der Waals surface area contributed by atoms with E-state index in [1.165, 1.54) is 12.1 Å². The molecule has 1 aromatic heterocycles. The van der Waals surface area contributed by atoms with Gasteiger partial charge in [-0.15, -0.1) is 0 Å². The predicted molar refractivity (Wildman–Crippen MR) is 99.4 cm³/mol. The van der Waals surface area contributed by atoms with E-state index in [1.807, 2.05) is 27.1 Å². The second kappa shape index (κ2) is 7.76. The van der Waals surface area contributed by atoms with Crippen molar-refractivity contribution >= 4 is 11.5 Å². The van der Waals surface area contributed by atoms with Crippen molar-refractivity contribution in [1.82, 2.24) is 14.9 Å². The molecule has 0 aliphatic carbocycles. The molecule has 26 heavy (non-hydrogen) atoms. The number of rotatable bonds is 5. The lowest BCUT2D eigenvalue weighted by molar-refractivity contribution is -0.384. The Balaban J connectivity index is 1.84. The Morgan fingerprint density at radius 2 is 2.04 bits per heavy atom. The minimum atomic E-state index is -0.412. The highest BCUT2D eigenvalue weighted by atomic mass is 16.6. The van der Waals surface area contributed by atoms with Gasteiger partial charge in [-0.3, -0.25) is 10.1 Å². The Hall–Kier alpha value is -2.58. The number of benzene rings is 1. The van der Waals surface area contributed by atoms with Gasteiger partial charge in [-0.25, -0.2) is 9.97 Å². The molecular weight excluding hydrogens is 334 g/mol. The average molecular weight is 357 g/mol. The monoisotopic (exact) mass is 357 g/mol. The highest BCUT2D eigenvalue weighted by molar-refractivity contribution is 5.60. The molecule has 138 valence electrons. The van der Waals surface area contributed by atoms with Crippen LogP contribution >= 0.6 is 0 Å². The van der Waals surface area contributed by atoms with E-state index in [-0.39, 0.29) is 11.8 Å². The van der Waals surface area contributed by atoms with E-state index in [1.54, 1.807) is 12.1 Å². The Bertz CT molecular complexity index is 779. The fraction of sp³-hybridized carbons (Fsp3) is 0.444. The van der Waals surface area contributed by atoms with E-state index in [4.69, 9.17) is 9.72 Å². The second-order valence-corrected chi connectivity index (χ2v) is 6.70. The maximum absolute atomic E-state index is 10.8. The Morgan fingerprint density at radius 1 is 1.31 bits per heavy atom. The fourth-order valence-electron chi connectivity index (χ4n) is 3.02. The molecule has 8 nitrogen and oxygen atoms in total. The van der Waals surface area contributed by atoms with Crippen LogP contribution in [0.1, 0.15) is 5.69 Å². The van der Waals surface area contributed by atoms with E-state index < -0.39 is 4.92 Å². The first-order valence-corrected chi connectivity index (χ1v) is 8.54. The van der Waals surface area contributed by atoms with Crippen LogP contribution in [0, 0.1) is 17.0 Å². The molecule has 1 aliphatic rings. The maximum Gasteiger partial charge on any atom is 0.269 e. The fourth-order valence-corrected chi connectivity index (χ4v) is 3.02. The van der Waals surface area contributed by atoms with Gasteiger partial charge < -0.3 is 14.5 Å². The van der Waals surface area contributed by atoms with Crippen molar-refractivity contribution in [2.75, 3.05) is 45.2 Å². The number of anilines is 1. The smallest absolute Gasteiger partial charge is 0.269 e. The highest BCUT2D eigenvalue weighted by Gasteiger charge is 2.23. The van der Waals surface area contributed by atoms with Crippen molar-refractivity contribution in [2.24, 2.45) is 0 Å². The number of nitro groups is 1. The summed E-state index contributed by atoms with van der Waals surface area (Å²) in [5.41, 5.74) is 1.68. The summed E-state index contributed by atoms with van der Waals surface area (Å²) in [5.74, 6) is 1.43. The number of aromatic nitrogens is 2. The van der Waals surface area contributed by atoms with E-state index >= 15 is 0 Å². The van der Waals surface area contributed by atoms with Crippen LogP contribution < -0.4 is 4.90 Å². The van der Waals surface area contributed by atoms with Crippen LogP contribution in [0.25, 0.3) is 11.4 Å². The summed E-state index contributed by atoms with van der Waals surface area (Å²) < 4.78 is 5.83. The molecule has 3 rings (SSSR count). The molecule has 1 atom stereocenters. The molecule has 0 bridgehead atoms. The van der Waals surface area contributed by atoms with E-state index in [0.29, 0.717) is 12.4 Å². The van der Waals surface area contributed by atoms with Gasteiger partial charge in [0.15, 0.2) is 5.82 Å². The van der Waals surface area contributed by atoms with Gasteiger partial charge in [-0.2, -0.15) is 0 Å². The maximum atomic E-state index is 10.8. The van der Waals surface area contributed by atoms with Crippen LogP contribution in [0.3, 0.4) is 0 Å². The lowest BCUT2D eigenvalue weighted by Crippen LogP contribution is -2.46. The van der Waals surface area contributed by atoms with Crippen LogP contribution in [-0.2, 0) is 4.74 Å². The summed E-state index contributed by atoms with van der Waals surface area (Å²) in [4.78, 5) is 23.9. The summed E-state index contributed by atoms with van der Waals surface area (Å²) >= 11 is 0. The Kier molecular flexibility index (Phi) is 5.43. The van der Waals surface area contributed by atoms with Gasteiger partial charge in [-0.05, 0) is 33.2 Å². The number of morpholine rings is 1. The molecule has 0 N–H and O–H groups in total. The van der Waals surface area contributed by atoms with E-state index in [9.17, 15) is 10.1 Å². The lowest BCUT2D eigenvalue weighted by Gasteiger charge is -2.35. The van der Waals surface area contributed by atoms with Gasteiger partial charge in [0.1, 0.15) is 5.82 Å². The zero-order valence-electron chi connectivity index (χ0n) is 15.3. The van der Waals surface area contributed by atoms with Gasteiger partial charge in [0, 0.05) is 49.1 Å². The van der Waals surface area contributed by atoms with Crippen molar-refractivity contribution in [3.05, 3.63) is 46.1 Å². The Labute approximate surface area is 152 Å². The summed E-state index contributed by atoms with van der Waals surface area (Å²) in [7, 11) is 4.06. The zero-order valence-corrected chi connectivity index (χ0v) is 15.3. The molecule has 8 heteroatoms. The van der Waals surface area contributed by atoms with Crippen molar-refractivity contribution in [3.63, 3.8) is 0 Å². The van der Waals surface area contributed by atoms with Gasteiger partial charge in [-0.1, -0.05) is 0 Å². The molecule has 0 amide bonds. The van der Waals surface area contributed by atoms with Crippen molar-refractivity contribution in [3.8, 4) is 11.4 Å². The third-order valence-electron chi connectivity index (χ3n) is 4.21. The first kappa shape index (κ1) is 18.2. The number of non-ortho nitro benzene ring substituents is 1. The molecule has 1 fully saturated rings. The van der Waals surface area contributed by atoms with E-state index in [2.05, 4.69) is 14.8 Å². The number of nitro benzene ring substituents is 1.